The van der Waals surface area contributed by atoms with Gasteiger partial charge in [0.2, 0.25) is 0 Å². The Balaban J connectivity index is 1.46. The van der Waals surface area contributed by atoms with Gasteiger partial charge in [0.15, 0.2) is 6.10 Å². The van der Waals surface area contributed by atoms with Crippen molar-refractivity contribution in [2.75, 3.05) is 6.54 Å². The van der Waals surface area contributed by atoms with Gasteiger partial charge < -0.3 is 9.64 Å². The summed E-state index contributed by atoms with van der Waals surface area (Å²) < 4.78 is 7.74. The van der Waals surface area contributed by atoms with Gasteiger partial charge in [0.05, 0.1) is 12.6 Å². The van der Waals surface area contributed by atoms with Crippen LogP contribution in [0, 0.1) is 0 Å². The summed E-state index contributed by atoms with van der Waals surface area (Å²) in [6.07, 6.45) is 5.91. The highest BCUT2D eigenvalue weighted by Crippen LogP contribution is 2.32. The molecule has 5 nitrogen and oxygen atoms in total. The number of aromatic nitrogens is 2. The van der Waals surface area contributed by atoms with Crippen LogP contribution in [-0.4, -0.2) is 39.3 Å². The third-order valence-electron chi connectivity index (χ3n) is 4.59. The van der Waals surface area contributed by atoms with Crippen LogP contribution in [-0.2, 0) is 17.8 Å². The van der Waals surface area contributed by atoms with Crippen molar-refractivity contribution in [3.05, 3.63) is 47.2 Å². The summed E-state index contributed by atoms with van der Waals surface area (Å²) >= 11 is 6.02. The molecular weight excluding hydrogens is 314 g/mol. The smallest absolute Gasteiger partial charge is 0.264 e. The Bertz CT molecular complexity index is 717. The monoisotopic (exact) mass is 331 g/mol. The van der Waals surface area contributed by atoms with Crippen molar-refractivity contribution in [2.24, 2.45) is 0 Å². The first-order valence-electron chi connectivity index (χ1n) is 7.94. The number of amides is 1. The van der Waals surface area contributed by atoms with E-state index < -0.39 is 6.10 Å². The summed E-state index contributed by atoms with van der Waals surface area (Å²) in [4.78, 5) is 14.8. The average Bonchev–Trinajstić information content (AvgIpc) is 3.26. The van der Waals surface area contributed by atoms with E-state index in [0.29, 0.717) is 11.4 Å². The van der Waals surface area contributed by atoms with Gasteiger partial charge >= 0.3 is 0 Å². The molecule has 23 heavy (non-hydrogen) atoms. The maximum atomic E-state index is 12.9. The molecular formula is C17H18ClN3O2. The predicted molar refractivity (Wildman–Crippen MR) is 86.5 cm³/mol. The molecule has 1 saturated heterocycles. The molecule has 2 aliphatic rings. The van der Waals surface area contributed by atoms with E-state index in [4.69, 9.17) is 16.3 Å². The minimum absolute atomic E-state index is 0.0759. The molecule has 0 aliphatic carbocycles. The molecule has 4 rings (SSSR count). The quantitative estimate of drug-likeness (QED) is 0.868. The van der Waals surface area contributed by atoms with Gasteiger partial charge in [-0.25, -0.2) is 0 Å². The first kappa shape index (κ1) is 14.6. The van der Waals surface area contributed by atoms with Crippen LogP contribution in [0.4, 0.5) is 0 Å². The van der Waals surface area contributed by atoms with Gasteiger partial charge in [-0.05, 0) is 42.7 Å². The molecule has 1 aromatic carbocycles. The Morgan fingerprint density at radius 3 is 3.17 bits per heavy atom. The molecule has 2 aromatic rings. The van der Waals surface area contributed by atoms with Crippen molar-refractivity contribution in [3.8, 4) is 5.75 Å². The lowest BCUT2D eigenvalue weighted by molar-refractivity contribution is -0.139. The van der Waals surface area contributed by atoms with Crippen LogP contribution in [0.1, 0.15) is 18.4 Å². The summed E-state index contributed by atoms with van der Waals surface area (Å²) in [6.45, 7) is 1.53. The second-order valence-corrected chi connectivity index (χ2v) is 6.55. The first-order chi connectivity index (χ1) is 11.2. The van der Waals surface area contributed by atoms with Crippen LogP contribution in [0.25, 0.3) is 0 Å². The van der Waals surface area contributed by atoms with Crippen LogP contribution < -0.4 is 4.74 Å². The number of carbonyl (C=O) groups excluding carboxylic acids is 1. The number of ether oxygens (including phenoxy) is 1. The molecule has 6 heteroatoms. The van der Waals surface area contributed by atoms with Crippen molar-refractivity contribution >= 4 is 17.5 Å². The van der Waals surface area contributed by atoms with E-state index in [-0.39, 0.29) is 11.9 Å². The molecule has 0 unspecified atom stereocenters. The van der Waals surface area contributed by atoms with E-state index in [1.807, 2.05) is 34.0 Å². The highest BCUT2D eigenvalue weighted by molar-refractivity contribution is 6.30. The zero-order chi connectivity index (χ0) is 15.8. The average molecular weight is 332 g/mol. The summed E-state index contributed by atoms with van der Waals surface area (Å²) in [7, 11) is 0. The zero-order valence-electron chi connectivity index (χ0n) is 12.7. The van der Waals surface area contributed by atoms with Gasteiger partial charge in [-0.2, -0.15) is 5.10 Å². The van der Waals surface area contributed by atoms with E-state index in [1.165, 1.54) is 0 Å². The number of rotatable bonds is 3. The van der Waals surface area contributed by atoms with E-state index in [0.717, 1.165) is 37.2 Å². The van der Waals surface area contributed by atoms with Gasteiger partial charge in [-0.3, -0.25) is 9.48 Å². The standard InChI is InChI=1S/C17H18ClN3O2/c18-13-4-5-15-12(9-13)10-16(23-15)17(22)21-8-1-3-14(21)11-20-7-2-6-19-20/h2,4-7,9,14,16H,1,3,8,10-11H2/t14-,16+/m1/s1. The maximum absolute atomic E-state index is 12.9. The zero-order valence-corrected chi connectivity index (χ0v) is 13.4. The fourth-order valence-electron chi connectivity index (χ4n) is 3.48. The van der Waals surface area contributed by atoms with Gasteiger partial charge in [0.25, 0.3) is 5.91 Å². The molecule has 0 saturated carbocycles. The lowest BCUT2D eigenvalue weighted by Crippen LogP contribution is -2.45. The molecule has 0 radical (unpaired) electrons. The molecule has 0 spiro atoms. The van der Waals surface area contributed by atoms with Gasteiger partial charge in [0.1, 0.15) is 5.75 Å². The molecule has 1 amide bonds. The summed E-state index contributed by atoms with van der Waals surface area (Å²) in [5.41, 5.74) is 1.01. The SMILES string of the molecule is O=C([C@@H]1Cc2cc(Cl)ccc2O1)N1CCC[C@@H]1Cn1cccn1. The fraction of sp³-hybridized carbons (Fsp3) is 0.412. The lowest BCUT2D eigenvalue weighted by atomic mass is 10.1. The number of benzene rings is 1. The molecule has 2 aliphatic heterocycles. The van der Waals surface area contributed by atoms with Crippen LogP contribution in [0.5, 0.6) is 5.75 Å². The Kier molecular flexibility index (Phi) is 3.73. The molecule has 0 N–H and O–H groups in total. The van der Waals surface area contributed by atoms with Crippen LogP contribution in [0.2, 0.25) is 5.02 Å². The second-order valence-electron chi connectivity index (χ2n) is 6.12. The molecule has 0 bridgehead atoms. The Morgan fingerprint density at radius 1 is 1.43 bits per heavy atom. The third-order valence-corrected chi connectivity index (χ3v) is 4.82. The Labute approximate surface area is 139 Å². The normalized spacial score (nSPS) is 22.9. The molecule has 120 valence electrons. The van der Waals surface area contributed by atoms with Crippen molar-refractivity contribution < 1.29 is 9.53 Å². The summed E-state index contributed by atoms with van der Waals surface area (Å²) in [6, 6.07) is 7.62. The second kappa shape index (κ2) is 5.89. The van der Waals surface area contributed by atoms with Crippen LogP contribution in [0.3, 0.4) is 0 Å². The van der Waals surface area contributed by atoms with E-state index in [1.54, 1.807) is 12.3 Å². The Hall–Kier alpha value is -2.01. The molecule has 1 fully saturated rings. The van der Waals surface area contributed by atoms with Crippen molar-refractivity contribution in [3.63, 3.8) is 0 Å². The maximum Gasteiger partial charge on any atom is 0.264 e. The van der Waals surface area contributed by atoms with Crippen LogP contribution >= 0.6 is 11.6 Å². The van der Waals surface area contributed by atoms with Crippen LogP contribution in [0.15, 0.2) is 36.7 Å². The first-order valence-corrected chi connectivity index (χ1v) is 8.31. The summed E-state index contributed by atoms with van der Waals surface area (Å²) in [5, 5.41) is 4.92. The van der Waals surface area contributed by atoms with Gasteiger partial charge in [-0.1, -0.05) is 11.6 Å². The largest absolute Gasteiger partial charge is 0.480 e. The van der Waals surface area contributed by atoms with E-state index in [2.05, 4.69) is 5.10 Å². The number of likely N-dealkylation sites (tertiary alicyclic amines) is 1. The molecule has 2 atom stereocenters. The highest BCUT2D eigenvalue weighted by atomic mass is 35.5. The number of carbonyl (C=O) groups is 1. The number of hydrogen-bond donors (Lipinski definition) is 0. The topological polar surface area (TPSA) is 47.4 Å². The molecule has 1 aromatic heterocycles. The molecule has 3 heterocycles. The minimum Gasteiger partial charge on any atom is -0.480 e. The predicted octanol–water partition coefficient (Wildman–Crippen LogP) is 2.53. The van der Waals surface area contributed by atoms with E-state index in [9.17, 15) is 4.79 Å². The van der Waals surface area contributed by atoms with Crippen molar-refractivity contribution in [1.82, 2.24) is 14.7 Å². The minimum atomic E-state index is -0.429. The summed E-state index contributed by atoms with van der Waals surface area (Å²) in [5.74, 6) is 0.850. The number of halogens is 1. The lowest BCUT2D eigenvalue weighted by Gasteiger charge is -2.27. The number of nitrogens with zero attached hydrogens (tertiary/aromatic N) is 3. The number of hydrogen-bond acceptors (Lipinski definition) is 3. The third kappa shape index (κ3) is 2.81. The Morgan fingerprint density at radius 2 is 2.35 bits per heavy atom. The van der Waals surface area contributed by atoms with Crippen molar-refractivity contribution in [1.29, 1.82) is 0 Å². The van der Waals surface area contributed by atoms with E-state index >= 15 is 0 Å². The van der Waals surface area contributed by atoms with Gasteiger partial charge in [-0.15, -0.1) is 0 Å². The van der Waals surface area contributed by atoms with Crippen molar-refractivity contribution in [2.45, 2.75) is 38.0 Å². The highest BCUT2D eigenvalue weighted by Gasteiger charge is 2.37. The fourth-order valence-corrected chi connectivity index (χ4v) is 3.67. The van der Waals surface area contributed by atoms with Gasteiger partial charge in [0, 0.05) is 30.4 Å². The number of fused-ring (bicyclic) bond motifs is 1.